The summed E-state index contributed by atoms with van der Waals surface area (Å²) in [5.41, 5.74) is 5.58. The molecule has 3 aliphatic rings. The van der Waals surface area contributed by atoms with Crippen LogP contribution >= 0.6 is 0 Å². The van der Waals surface area contributed by atoms with Gasteiger partial charge < -0.3 is 29.4 Å². The van der Waals surface area contributed by atoms with Gasteiger partial charge in [-0.25, -0.2) is 25.3 Å². The number of nitrogens with zero attached hydrogens (tertiary/aromatic N) is 3. The minimum Gasteiger partial charge on any atom is -0.490 e. The molecule has 51 heavy (non-hydrogen) atoms. The van der Waals surface area contributed by atoms with Crippen LogP contribution in [0.15, 0.2) is 51.1 Å². The lowest BCUT2D eigenvalue weighted by atomic mass is 9.93. The molecule has 0 amide bonds. The zero-order chi connectivity index (χ0) is 35.8. The third kappa shape index (κ3) is 6.80. The Balaban J connectivity index is 1.51. The predicted octanol–water partition coefficient (Wildman–Crippen LogP) is 1.39. The van der Waals surface area contributed by atoms with E-state index in [0.29, 0.717) is 41.1 Å². The largest absolute Gasteiger partial charge is 0.490 e. The van der Waals surface area contributed by atoms with Gasteiger partial charge in [-0.15, -0.1) is 0 Å². The zero-order valence-electron chi connectivity index (χ0n) is 28.1. The molecule has 7 rings (SSSR count). The van der Waals surface area contributed by atoms with E-state index in [1.54, 1.807) is 24.3 Å². The van der Waals surface area contributed by atoms with Crippen molar-refractivity contribution in [3.63, 3.8) is 0 Å². The molecular formula is C33H42N4O11S3. The fraction of sp³-hybridized carbons (Fsp3) is 0.515. The molecule has 0 aromatic heterocycles. The summed E-state index contributed by atoms with van der Waals surface area (Å²) in [4.78, 5) is -0.407. The molecule has 0 spiro atoms. The average Bonchev–Trinajstić information content (AvgIpc) is 3.16. The van der Waals surface area contributed by atoms with Crippen molar-refractivity contribution in [2.45, 2.75) is 21.1 Å². The number of hydrogen-bond donors (Lipinski definition) is 1. The first-order valence-corrected chi connectivity index (χ1v) is 21.3. The van der Waals surface area contributed by atoms with Gasteiger partial charge in [-0.3, -0.25) is 0 Å². The van der Waals surface area contributed by atoms with Crippen LogP contribution in [0.5, 0.6) is 5.75 Å². The molecule has 3 saturated heterocycles. The van der Waals surface area contributed by atoms with Crippen molar-refractivity contribution < 1.29 is 48.9 Å². The van der Waals surface area contributed by atoms with Gasteiger partial charge in [-0.1, -0.05) is 18.2 Å². The Morgan fingerprint density at radius 2 is 0.941 bits per heavy atom. The lowest BCUT2D eigenvalue weighted by Crippen LogP contribution is -2.41. The summed E-state index contributed by atoms with van der Waals surface area (Å²) in [6, 6.07) is 9.26. The van der Waals surface area contributed by atoms with Gasteiger partial charge in [0.2, 0.25) is 30.1 Å². The van der Waals surface area contributed by atoms with Crippen LogP contribution in [-0.2, 0) is 49.0 Å². The monoisotopic (exact) mass is 766 g/mol. The van der Waals surface area contributed by atoms with Crippen molar-refractivity contribution in [1.82, 2.24) is 12.9 Å². The summed E-state index contributed by atoms with van der Waals surface area (Å²) in [6.45, 7) is 3.20. The van der Waals surface area contributed by atoms with Crippen LogP contribution in [0.25, 0.3) is 32.3 Å². The van der Waals surface area contributed by atoms with Crippen LogP contribution in [0.3, 0.4) is 0 Å². The molecule has 3 aliphatic heterocycles. The van der Waals surface area contributed by atoms with E-state index in [-0.39, 0.29) is 123 Å². The second-order valence-electron chi connectivity index (χ2n) is 12.5. The molecule has 0 aliphatic carbocycles. The highest BCUT2D eigenvalue weighted by Crippen LogP contribution is 2.46. The second-order valence-corrected chi connectivity index (χ2v) is 18.2. The lowest BCUT2D eigenvalue weighted by Gasteiger charge is -2.30. The maximum atomic E-state index is 14.4. The number of ether oxygens (including phenoxy) is 5. The van der Waals surface area contributed by atoms with Crippen molar-refractivity contribution >= 4 is 62.4 Å². The van der Waals surface area contributed by atoms with Crippen LogP contribution in [0.1, 0.15) is 6.42 Å². The van der Waals surface area contributed by atoms with E-state index in [1.165, 1.54) is 25.0 Å². The van der Waals surface area contributed by atoms with Crippen molar-refractivity contribution in [3.05, 3.63) is 36.4 Å². The Labute approximate surface area is 297 Å². The Hall–Kier alpha value is -2.75. The van der Waals surface area contributed by atoms with Crippen LogP contribution in [-0.4, -0.2) is 143 Å². The van der Waals surface area contributed by atoms with Crippen LogP contribution in [0, 0.1) is 0 Å². The minimum absolute atomic E-state index is 0.0376. The van der Waals surface area contributed by atoms with Gasteiger partial charge in [0.05, 0.1) is 60.9 Å². The second kappa shape index (κ2) is 14.9. The van der Waals surface area contributed by atoms with Gasteiger partial charge in [0.25, 0.3) is 0 Å². The molecular weight excluding hydrogens is 725 g/mol. The third-order valence-electron chi connectivity index (χ3n) is 9.49. The molecule has 4 aromatic rings. The summed E-state index contributed by atoms with van der Waals surface area (Å²) in [7, 11) is -12.6. The summed E-state index contributed by atoms with van der Waals surface area (Å²) < 4.78 is 118. The lowest BCUT2D eigenvalue weighted by molar-refractivity contribution is 0.0729. The Bertz CT molecular complexity index is 2150. The Kier molecular flexibility index (Phi) is 10.7. The molecule has 0 bridgehead atoms. The van der Waals surface area contributed by atoms with E-state index < -0.39 is 30.1 Å². The van der Waals surface area contributed by atoms with E-state index >= 15 is 0 Å². The quantitative estimate of drug-likeness (QED) is 0.153. The van der Waals surface area contributed by atoms with Gasteiger partial charge in [0, 0.05) is 84.3 Å². The molecule has 4 aromatic carbocycles. The van der Waals surface area contributed by atoms with Crippen molar-refractivity contribution in [2.75, 3.05) is 105 Å². The van der Waals surface area contributed by atoms with E-state index in [9.17, 15) is 25.3 Å². The highest BCUT2D eigenvalue weighted by Gasteiger charge is 2.36. The third-order valence-corrected chi connectivity index (χ3v) is 15.3. The highest BCUT2D eigenvalue weighted by molar-refractivity contribution is 7.90. The number of sulfonamides is 3. The fourth-order valence-corrected chi connectivity index (χ4v) is 11.8. The molecule has 278 valence electrons. The van der Waals surface area contributed by atoms with Gasteiger partial charge >= 0.3 is 0 Å². The smallest absolute Gasteiger partial charge is 0.243 e. The number of hydrogen-bond acceptors (Lipinski definition) is 12. The molecule has 18 heteroatoms. The van der Waals surface area contributed by atoms with Crippen LogP contribution in [0.4, 0.5) is 0 Å². The van der Waals surface area contributed by atoms with Gasteiger partial charge in [-0.05, 0) is 25.1 Å². The summed E-state index contributed by atoms with van der Waals surface area (Å²) in [5, 5.41) is 2.06. The van der Waals surface area contributed by atoms with Crippen molar-refractivity contribution in [3.8, 4) is 5.75 Å². The molecule has 3 heterocycles. The van der Waals surface area contributed by atoms with E-state index in [4.69, 9.17) is 29.4 Å². The maximum Gasteiger partial charge on any atom is 0.243 e. The Morgan fingerprint density at radius 1 is 0.549 bits per heavy atom. The predicted molar refractivity (Wildman–Crippen MR) is 189 cm³/mol. The molecule has 3 fully saturated rings. The molecule has 0 atom stereocenters. The first-order chi connectivity index (χ1) is 24.6. The topological polar surface area (TPSA) is 184 Å². The summed E-state index contributed by atoms with van der Waals surface area (Å²) in [5.74, 6) is 0.241. The maximum absolute atomic E-state index is 14.4. The highest BCUT2D eigenvalue weighted by atomic mass is 32.2. The number of morpholine rings is 3. The standard InChI is InChI=1S/C33H42N4O11S3/c34-6-1-13-44-20-21-48-28-22-29(49(38,39)35-7-14-45-15-8-35)25-4-5-27-31(51(42,43)37-11-18-47-19-12-37)23-30(26-3-2-24(28)32(25)33(26)27)50(40,41)36-9-16-46-17-10-36/h2-5,22-23H,1,6-21,34H2. The summed E-state index contributed by atoms with van der Waals surface area (Å²) >= 11 is 0. The van der Waals surface area contributed by atoms with E-state index in [2.05, 4.69) is 0 Å². The van der Waals surface area contributed by atoms with Crippen molar-refractivity contribution in [1.29, 1.82) is 0 Å². The minimum atomic E-state index is -4.24. The first-order valence-electron chi connectivity index (χ1n) is 17.0. The van der Waals surface area contributed by atoms with E-state index in [0.717, 1.165) is 0 Å². The Morgan fingerprint density at radius 3 is 1.37 bits per heavy atom. The van der Waals surface area contributed by atoms with Gasteiger partial charge in [0.15, 0.2) is 0 Å². The van der Waals surface area contributed by atoms with Crippen LogP contribution in [0.2, 0.25) is 0 Å². The molecule has 0 unspecified atom stereocenters. The average molecular weight is 767 g/mol. The van der Waals surface area contributed by atoms with Gasteiger partial charge in [0.1, 0.15) is 12.4 Å². The van der Waals surface area contributed by atoms with E-state index in [1.807, 2.05) is 0 Å². The van der Waals surface area contributed by atoms with Crippen LogP contribution < -0.4 is 10.5 Å². The zero-order valence-corrected chi connectivity index (χ0v) is 30.6. The molecule has 0 saturated carbocycles. The number of rotatable bonds is 13. The fourth-order valence-electron chi connectivity index (χ4n) is 6.90. The summed E-state index contributed by atoms with van der Waals surface area (Å²) in [6.07, 6.45) is 0.673. The SMILES string of the molecule is NCCCOCCOc1cc(S(=O)(=O)N2CCOCC2)c2ccc3c(S(=O)(=O)N4CCOCC4)cc(S(=O)(=O)N4CCOCC4)c4ccc1c2c43. The number of nitrogens with two attached hydrogens (primary N) is 1. The molecule has 15 nitrogen and oxygen atoms in total. The van der Waals surface area contributed by atoms with Gasteiger partial charge in [-0.2, -0.15) is 12.9 Å². The first kappa shape index (κ1) is 36.6. The molecule has 2 N–H and O–H groups in total. The molecule has 0 radical (unpaired) electrons. The van der Waals surface area contributed by atoms with Crippen molar-refractivity contribution in [2.24, 2.45) is 5.73 Å². The number of benzene rings is 4. The normalized spacial score (nSPS) is 19.4.